The van der Waals surface area contributed by atoms with E-state index >= 15 is 0 Å². The van der Waals surface area contributed by atoms with Crippen LogP contribution in [0.5, 0.6) is 0 Å². The molecule has 0 unspecified atom stereocenters. The van der Waals surface area contributed by atoms with Gasteiger partial charge in [-0.05, 0) is 18.2 Å². The van der Waals surface area contributed by atoms with E-state index in [4.69, 9.17) is 18.0 Å². The highest BCUT2D eigenvalue weighted by Gasteiger charge is 2.04. The van der Waals surface area contributed by atoms with Crippen LogP contribution in [-0.2, 0) is 0 Å². The van der Waals surface area contributed by atoms with Crippen LogP contribution in [0, 0.1) is 5.82 Å². The first-order chi connectivity index (χ1) is 7.65. The van der Waals surface area contributed by atoms with Crippen LogP contribution in [0.15, 0.2) is 23.4 Å². The second-order valence-electron chi connectivity index (χ2n) is 3.27. The second kappa shape index (κ2) is 4.80. The molecule has 3 nitrogen and oxygen atoms in total. The summed E-state index contributed by atoms with van der Waals surface area (Å²) in [6.07, 6.45) is 0.672. The Bertz CT molecular complexity index is 524. The molecule has 1 aromatic carbocycles. The van der Waals surface area contributed by atoms with Crippen LogP contribution in [0.25, 0.3) is 11.0 Å². The van der Waals surface area contributed by atoms with E-state index in [0.717, 1.165) is 16.4 Å². The van der Waals surface area contributed by atoms with Crippen LogP contribution in [-0.4, -0.2) is 20.7 Å². The van der Waals surface area contributed by atoms with E-state index in [9.17, 15) is 4.39 Å². The number of rotatable bonds is 4. The van der Waals surface area contributed by atoms with Gasteiger partial charge in [0.05, 0.1) is 16.0 Å². The lowest BCUT2D eigenvalue weighted by Crippen LogP contribution is -2.08. The van der Waals surface area contributed by atoms with Crippen molar-refractivity contribution in [1.82, 2.24) is 9.97 Å². The van der Waals surface area contributed by atoms with Gasteiger partial charge in [0.15, 0.2) is 5.16 Å². The summed E-state index contributed by atoms with van der Waals surface area (Å²) in [5.74, 6) is 0.508. The summed E-state index contributed by atoms with van der Waals surface area (Å²) in [6, 6.07) is 4.48. The fraction of sp³-hybridized carbons (Fsp3) is 0.200. The molecule has 0 radical (unpaired) electrons. The van der Waals surface area contributed by atoms with Crippen LogP contribution in [0.3, 0.4) is 0 Å². The maximum Gasteiger partial charge on any atom is 0.166 e. The molecule has 0 amide bonds. The van der Waals surface area contributed by atoms with Gasteiger partial charge in [-0.3, -0.25) is 0 Å². The van der Waals surface area contributed by atoms with Crippen LogP contribution in [0.1, 0.15) is 6.42 Å². The van der Waals surface area contributed by atoms with Gasteiger partial charge < -0.3 is 10.7 Å². The van der Waals surface area contributed by atoms with Crippen LogP contribution in [0.2, 0.25) is 0 Å². The van der Waals surface area contributed by atoms with Gasteiger partial charge in [-0.15, -0.1) is 0 Å². The highest BCUT2D eigenvalue weighted by atomic mass is 32.2. The number of thioether (sulfide) groups is 1. The summed E-state index contributed by atoms with van der Waals surface area (Å²) >= 11 is 6.30. The van der Waals surface area contributed by atoms with E-state index in [0.29, 0.717) is 16.9 Å². The van der Waals surface area contributed by atoms with E-state index in [1.54, 1.807) is 6.07 Å². The van der Waals surface area contributed by atoms with Gasteiger partial charge in [0.25, 0.3) is 0 Å². The fourth-order valence-electron chi connectivity index (χ4n) is 1.28. The van der Waals surface area contributed by atoms with Crippen molar-refractivity contribution in [2.24, 2.45) is 5.73 Å². The van der Waals surface area contributed by atoms with Crippen molar-refractivity contribution in [1.29, 1.82) is 0 Å². The number of hydrogen-bond acceptors (Lipinski definition) is 3. The van der Waals surface area contributed by atoms with E-state index < -0.39 is 0 Å². The van der Waals surface area contributed by atoms with Crippen molar-refractivity contribution in [3.8, 4) is 0 Å². The van der Waals surface area contributed by atoms with Crippen molar-refractivity contribution < 1.29 is 4.39 Å². The number of imidazole rings is 1. The van der Waals surface area contributed by atoms with Gasteiger partial charge in [0.2, 0.25) is 0 Å². The Labute approximate surface area is 102 Å². The molecule has 3 N–H and O–H groups in total. The summed E-state index contributed by atoms with van der Waals surface area (Å²) in [7, 11) is 0. The molecule has 0 spiro atoms. The average Bonchev–Trinajstić information content (AvgIpc) is 2.58. The normalized spacial score (nSPS) is 10.8. The monoisotopic (exact) mass is 255 g/mol. The van der Waals surface area contributed by atoms with Gasteiger partial charge in [-0.2, -0.15) is 0 Å². The number of aromatic amines is 1. The Morgan fingerprint density at radius 2 is 2.38 bits per heavy atom. The summed E-state index contributed by atoms with van der Waals surface area (Å²) in [5.41, 5.74) is 6.86. The lowest BCUT2D eigenvalue weighted by atomic mass is 10.3. The quantitative estimate of drug-likeness (QED) is 0.651. The molecule has 0 bridgehead atoms. The number of nitrogens with zero attached hydrogens (tertiary/aromatic N) is 1. The first kappa shape index (κ1) is 11.3. The minimum atomic E-state index is -0.268. The van der Waals surface area contributed by atoms with Gasteiger partial charge in [-0.1, -0.05) is 24.0 Å². The number of fused-ring (bicyclic) bond motifs is 1. The van der Waals surface area contributed by atoms with Crippen molar-refractivity contribution in [3.63, 3.8) is 0 Å². The summed E-state index contributed by atoms with van der Waals surface area (Å²) in [4.78, 5) is 7.84. The number of hydrogen-bond donors (Lipinski definition) is 2. The summed E-state index contributed by atoms with van der Waals surface area (Å²) in [6.45, 7) is 0. The van der Waals surface area contributed by atoms with Crippen LogP contribution in [0.4, 0.5) is 4.39 Å². The minimum absolute atomic E-state index is 0.268. The number of H-pyrrole nitrogens is 1. The minimum Gasteiger partial charge on any atom is -0.393 e. The molecule has 6 heteroatoms. The Hall–Kier alpha value is -1.14. The Kier molecular flexibility index (Phi) is 3.40. The number of halogens is 1. The molecule has 0 atom stereocenters. The number of nitrogens with two attached hydrogens (primary N) is 1. The number of aromatic nitrogens is 2. The molecule has 0 aliphatic heterocycles. The van der Waals surface area contributed by atoms with E-state index in [1.807, 2.05) is 0 Å². The topological polar surface area (TPSA) is 54.7 Å². The lowest BCUT2D eigenvalue weighted by Gasteiger charge is -1.95. The first-order valence-electron chi connectivity index (χ1n) is 4.71. The highest BCUT2D eigenvalue weighted by molar-refractivity contribution is 7.99. The van der Waals surface area contributed by atoms with E-state index in [2.05, 4.69) is 9.97 Å². The molecule has 2 rings (SSSR count). The SMILES string of the molecule is NC(=S)CCSc1nc2ccc(F)cc2[nH]1. The van der Waals surface area contributed by atoms with Gasteiger partial charge in [0.1, 0.15) is 5.82 Å². The average molecular weight is 255 g/mol. The van der Waals surface area contributed by atoms with Gasteiger partial charge in [0, 0.05) is 12.2 Å². The largest absolute Gasteiger partial charge is 0.393 e. The standard InChI is InChI=1S/C10H10FN3S2/c11-6-1-2-7-8(5-6)14-10(13-7)16-4-3-9(12)15/h1-2,5H,3-4H2,(H2,12,15)(H,13,14). The van der Waals surface area contributed by atoms with Crippen molar-refractivity contribution >= 4 is 40.0 Å². The predicted octanol–water partition coefficient (Wildman–Crippen LogP) is 2.47. The molecular weight excluding hydrogens is 245 g/mol. The molecule has 0 saturated carbocycles. The molecule has 0 fully saturated rings. The zero-order chi connectivity index (χ0) is 11.5. The second-order valence-corrected chi connectivity index (χ2v) is 4.88. The van der Waals surface area contributed by atoms with Gasteiger partial charge >= 0.3 is 0 Å². The zero-order valence-corrected chi connectivity index (χ0v) is 10.00. The summed E-state index contributed by atoms with van der Waals surface area (Å²) < 4.78 is 12.9. The van der Waals surface area contributed by atoms with Crippen molar-refractivity contribution in [3.05, 3.63) is 24.0 Å². The van der Waals surface area contributed by atoms with Crippen LogP contribution < -0.4 is 5.73 Å². The Balaban J connectivity index is 2.10. The number of thiocarbonyl (C=S) groups is 1. The van der Waals surface area contributed by atoms with Crippen molar-refractivity contribution in [2.75, 3.05) is 5.75 Å². The lowest BCUT2D eigenvalue weighted by molar-refractivity contribution is 0.629. The molecule has 0 aliphatic rings. The molecule has 0 saturated heterocycles. The Morgan fingerprint density at radius 3 is 3.12 bits per heavy atom. The highest BCUT2D eigenvalue weighted by Crippen LogP contribution is 2.20. The number of benzene rings is 1. The molecular formula is C10H10FN3S2. The predicted molar refractivity (Wildman–Crippen MR) is 68.2 cm³/mol. The first-order valence-corrected chi connectivity index (χ1v) is 6.11. The Morgan fingerprint density at radius 1 is 1.56 bits per heavy atom. The molecule has 1 heterocycles. The maximum atomic E-state index is 12.9. The van der Waals surface area contributed by atoms with E-state index in [-0.39, 0.29) is 5.82 Å². The maximum absolute atomic E-state index is 12.9. The third kappa shape index (κ3) is 2.70. The van der Waals surface area contributed by atoms with Crippen molar-refractivity contribution in [2.45, 2.75) is 11.6 Å². The van der Waals surface area contributed by atoms with E-state index in [1.165, 1.54) is 23.9 Å². The molecule has 16 heavy (non-hydrogen) atoms. The smallest absolute Gasteiger partial charge is 0.166 e. The van der Waals surface area contributed by atoms with Crippen LogP contribution >= 0.6 is 24.0 Å². The zero-order valence-electron chi connectivity index (χ0n) is 8.37. The number of nitrogens with one attached hydrogen (secondary N) is 1. The van der Waals surface area contributed by atoms with Gasteiger partial charge in [-0.25, -0.2) is 9.37 Å². The third-order valence-corrected chi connectivity index (χ3v) is 3.09. The molecule has 2 aromatic rings. The molecule has 0 aliphatic carbocycles. The molecule has 1 aromatic heterocycles. The third-order valence-electron chi connectivity index (χ3n) is 2.01. The fourth-order valence-corrected chi connectivity index (χ4v) is 2.37. The summed E-state index contributed by atoms with van der Waals surface area (Å²) in [5, 5.41) is 0.761. The molecule has 84 valence electrons.